The van der Waals surface area contributed by atoms with Gasteiger partial charge in [0, 0.05) is 13.1 Å². The maximum absolute atomic E-state index is 14.0. The van der Waals surface area contributed by atoms with Crippen LogP contribution in [-0.4, -0.2) is 44.3 Å². The molecule has 0 spiro atoms. The molecule has 0 saturated carbocycles. The normalized spacial score (nSPS) is 12.4. The summed E-state index contributed by atoms with van der Waals surface area (Å²) in [6.45, 7) is 4.97. The Morgan fingerprint density at radius 1 is 0.977 bits per heavy atom. The van der Waals surface area contributed by atoms with Gasteiger partial charge in [-0.05, 0) is 55.7 Å². The number of sulfonamides is 1. The van der Waals surface area contributed by atoms with Gasteiger partial charge in [0.05, 0.1) is 21.2 Å². The molecular formula is C31H35ClF3N3O4S. The molecule has 0 aromatic heterocycles. The van der Waals surface area contributed by atoms with Gasteiger partial charge < -0.3 is 10.2 Å². The van der Waals surface area contributed by atoms with Crippen LogP contribution in [-0.2, 0) is 32.3 Å². The lowest BCUT2D eigenvalue weighted by Crippen LogP contribution is -2.52. The molecule has 3 aromatic rings. The molecule has 2 amide bonds. The van der Waals surface area contributed by atoms with Crippen LogP contribution in [0.4, 0.5) is 18.9 Å². The molecule has 43 heavy (non-hydrogen) atoms. The Morgan fingerprint density at radius 3 is 2.21 bits per heavy atom. The number of alkyl halides is 3. The summed E-state index contributed by atoms with van der Waals surface area (Å²) in [5.74, 6) is -1.17. The number of amides is 2. The van der Waals surface area contributed by atoms with Crippen LogP contribution in [0, 0.1) is 6.92 Å². The first kappa shape index (κ1) is 33.9. The lowest BCUT2D eigenvalue weighted by atomic mass is 10.1. The Morgan fingerprint density at radius 2 is 1.63 bits per heavy atom. The number of rotatable bonds is 13. The zero-order valence-electron chi connectivity index (χ0n) is 24.2. The highest BCUT2D eigenvalue weighted by Gasteiger charge is 2.37. The van der Waals surface area contributed by atoms with Gasteiger partial charge in [-0.2, -0.15) is 13.2 Å². The largest absolute Gasteiger partial charge is 0.417 e. The summed E-state index contributed by atoms with van der Waals surface area (Å²) in [6, 6.07) is 16.3. The standard InChI is InChI=1S/C31H35ClF3N3O4S/c1-4-6-18-36-30(40)28(5-2)37(20-23-10-8-7-9-11-23)29(39)21-38(43(41,42)25-15-12-22(3)13-16-25)24-14-17-27(32)26(19-24)31(33,34)35/h7-17,19,28H,4-6,18,20-21H2,1-3H3,(H,36,40)/t28-/m0/s1. The van der Waals surface area contributed by atoms with E-state index in [0.29, 0.717) is 22.5 Å². The van der Waals surface area contributed by atoms with Crippen LogP contribution >= 0.6 is 11.6 Å². The third-order valence-corrected chi connectivity index (χ3v) is 8.96. The highest BCUT2D eigenvalue weighted by Crippen LogP contribution is 2.38. The summed E-state index contributed by atoms with van der Waals surface area (Å²) >= 11 is 5.82. The number of anilines is 1. The van der Waals surface area contributed by atoms with Crippen molar-refractivity contribution in [3.05, 3.63) is 94.5 Å². The number of nitrogens with one attached hydrogen (secondary N) is 1. The Hall–Kier alpha value is -3.57. The van der Waals surface area contributed by atoms with Crippen molar-refractivity contribution in [3.63, 3.8) is 0 Å². The molecule has 0 aliphatic rings. The zero-order chi connectivity index (χ0) is 31.8. The molecular weight excluding hydrogens is 603 g/mol. The fraction of sp³-hybridized carbons (Fsp3) is 0.355. The molecule has 12 heteroatoms. The van der Waals surface area contributed by atoms with Crippen molar-refractivity contribution in [3.8, 4) is 0 Å². The van der Waals surface area contributed by atoms with Gasteiger partial charge in [-0.25, -0.2) is 8.42 Å². The van der Waals surface area contributed by atoms with Crippen LogP contribution in [0.1, 0.15) is 49.8 Å². The second-order valence-corrected chi connectivity index (χ2v) is 12.3. The molecule has 0 unspecified atom stereocenters. The van der Waals surface area contributed by atoms with E-state index in [1.54, 1.807) is 56.3 Å². The van der Waals surface area contributed by atoms with E-state index in [1.165, 1.54) is 17.0 Å². The highest BCUT2D eigenvalue weighted by atomic mass is 35.5. The topological polar surface area (TPSA) is 86.8 Å². The minimum absolute atomic E-state index is 0.0216. The van der Waals surface area contributed by atoms with E-state index in [4.69, 9.17) is 11.6 Å². The third-order valence-electron chi connectivity index (χ3n) is 6.84. The molecule has 3 rings (SSSR count). The quantitative estimate of drug-likeness (QED) is 0.214. The number of benzene rings is 3. The van der Waals surface area contributed by atoms with E-state index in [0.717, 1.165) is 30.5 Å². The lowest BCUT2D eigenvalue weighted by molar-refractivity contribution is -0.140. The molecule has 1 N–H and O–H groups in total. The average Bonchev–Trinajstić information content (AvgIpc) is 2.96. The number of carbonyl (C=O) groups excluding carboxylic acids is 2. The van der Waals surface area contributed by atoms with Crippen LogP contribution in [0.2, 0.25) is 5.02 Å². The summed E-state index contributed by atoms with van der Waals surface area (Å²) in [4.78, 5) is 28.3. The maximum Gasteiger partial charge on any atom is 0.417 e. The monoisotopic (exact) mass is 637 g/mol. The van der Waals surface area contributed by atoms with Crippen LogP contribution < -0.4 is 9.62 Å². The molecule has 0 heterocycles. The molecule has 0 bridgehead atoms. The number of aryl methyl sites for hydroxylation is 1. The second kappa shape index (κ2) is 14.7. The lowest BCUT2D eigenvalue weighted by Gasteiger charge is -2.33. The number of unbranched alkanes of at least 4 members (excludes halogenated alkanes) is 1. The van der Waals surface area contributed by atoms with Crippen molar-refractivity contribution in [1.29, 1.82) is 0 Å². The first-order valence-corrected chi connectivity index (χ1v) is 15.7. The fourth-order valence-electron chi connectivity index (χ4n) is 4.46. The van der Waals surface area contributed by atoms with Crippen molar-refractivity contribution >= 4 is 39.1 Å². The SMILES string of the molecule is CCCCNC(=O)[C@H](CC)N(Cc1ccccc1)C(=O)CN(c1ccc(Cl)c(C(F)(F)F)c1)S(=O)(=O)c1ccc(C)cc1. The Bertz CT molecular complexity index is 1500. The second-order valence-electron chi connectivity index (χ2n) is 10.1. The average molecular weight is 638 g/mol. The zero-order valence-corrected chi connectivity index (χ0v) is 25.8. The summed E-state index contributed by atoms with van der Waals surface area (Å²) in [6.07, 6.45) is -3.08. The first-order valence-electron chi connectivity index (χ1n) is 13.9. The maximum atomic E-state index is 14.0. The van der Waals surface area contributed by atoms with Gasteiger partial charge >= 0.3 is 6.18 Å². The van der Waals surface area contributed by atoms with Crippen molar-refractivity contribution in [2.24, 2.45) is 0 Å². The van der Waals surface area contributed by atoms with Crippen molar-refractivity contribution in [1.82, 2.24) is 10.2 Å². The molecule has 0 aliphatic carbocycles. The van der Waals surface area contributed by atoms with E-state index >= 15 is 0 Å². The van der Waals surface area contributed by atoms with Gasteiger partial charge in [-0.3, -0.25) is 13.9 Å². The van der Waals surface area contributed by atoms with Gasteiger partial charge in [0.15, 0.2) is 0 Å². The third kappa shape index (κ3) is 8.73. The van der Waals surface area contributed by atoms with Gasteiger partial charge in [0.2, 0.25) is 11.8 Å². The van der Waals surface area contributed by atoms with Crippen molar-refractivity contribution in [2.45, 2.75) is 63.7 Å². The van der Waals surface area contributed by atoms with Gasteiger partial charge in [0.25, 0.3) is 10.0 Å². The van der Waals surface area contributed by atoms with Crippen LogP contribution in [0.5, 0.6) is 0 Å². The summed E-state index contributed by atoms with van der Waals surface area (Å²) in [7, 11) is -4.54. The Labute approximate surface area is 255 Å². The predicted octanol–water partition coefficient (Wildman–Crippen LogP) is 6.59. The number of nitrogens with zero attached hydrogens (tertiary/aromatic N) is 2. The van der Waals surface area contributed by atoms with E-state index in [2.05, 4.69) is 5.32 Å². The van der Waals surface area contributed by atoms with Gasteiger partial charge in [0.1, 0.15) is 12.6 Å². The molecule has 232 valence electrons. The fourth-order valence-corrected chi connectivity index (χ4v) is 6.09. The molecule has 0 radical (unpaired) electrons. The van der Waals surface area contributed by atoms with Gasteiger partial charge in [-0.15, -0.1) is 0 Å². The number of hydrogen-bond donors (Lipinski definition) is 1. The molecule has 0 saturated heterocycles. The minimum Gasteiger partial charge on any atom is -0.354 e. The molecule has 3 aromatic carbocycles. The van der Waals surface area contributed by atoms with Crippen LogP contribution in [0.15, 0.2) is 77.7 Å². The summed E-state index contributed by atoms with van der Waals surface area (Å²) < 4.78 is 69.8. The van der Waals surface area contributed by atoms with E-state index in [9.17, 15) is 31.2 Å². The van der Waals surface area contributed by atoms with Crippen molar-refractivity contribution in [2.75, 3.05) is 17.4 Å². The predicted molar refractivity (Wildman–Crippen MR) is 161 cm³/mol. The van der Waals surface area contributed by atoms with E-state index in [1.807, 2.05) is 6.92 Å². The Balaban J connectivity index is 2.11. The first-order chi connectivity index (χ1) is 20.3. The van der Waals surface area contributed by atoms with Crippen LogP contribution in [0.25, 0.3) is 0 Å². The summed E-state index contributed by atoms with van der Waals surface area (Å²) in [5.41, 5.74) is -0.187. The summed E-state index contributed by atoms with van der Waals surface area (Å²) in [5, 5.41) is 2.21. The number of halogens is 4. The Kier molecular flexibility index (Phi) is 11.6. The van der Waals surface area contributed by atoms with Crippen molar-refractivity contribution < 1.29 is 31.2 Å². The number of hydrogen-bond acceptors (Lipinski definition) is 4. The van der Waals surface area contributed by atoms with Crippen LogP contribution in [0.3, 0.4) is 0 Å². The number of carbonyl (C=O) groups is 2. The highest BCUT2D eigenvalue weighted by molar-refractivity contribution is 7.92. The minimum atomic E-state index is -4.88. The van der Waals surface area contributed by atoms with E-state index < -0.39 is 56.9 Å². The smallest absolute Gasteiger partial charge is 0.354 e. The van der Waals surface area contributed by atoms with E-state index in [-0.39, 0.29) is 17.9 Å². The molecule has 1 atom stereocenters. The van der Waals surface area contributed by atoms with Gasteiger partial charge in [-0.1, -0.05) is 79.9 Å². The molecule has 0 fully saturated rings. The molecule has 7 nitrogen and oxygen atoms in total. The molecule has 0 aliphatic heterocycles.